The first kappa shape index (κ1) is 13.3. The molecule has 1 saturated carbocycles. The van der Waals surface area contributed by atoms with E-state index in [-0.39, 0.29) is 0 Å². The van der Waals surface area contributed by atoms with Crippen molar-refractivity contribution in [2.45, 2.75) is 24.0 Å². The molecule has 3 rings (SSSR count). The molecule has 1 aromatic heterocycles. The van der Waals surface area contributed by atoms with Crippen LogP contribution in [0.2, 0.25) is 0 Å². The fourth-order valence-corrected chi connectivity index (χ4v) is 2.59. The Morgan fingerprint density at radius 2 is 2.15 bits per heavy atom. The summed E-state index contributed by atoms with van der Waals surface area (Å²) in [7, 11) is 0. The second-order valence-electron chi connectivity index (χ2n) is 4.90. The zero-order chi connectivity index (χ0) is 13.8. The summed E-state index contributed by atoms with van der Waals surface area (Å²) in [6.45, 7) is 4.97. The highest BCUT2D eigenvalue weighted by Crippen LogP contribution is 2.21. The van der Waals surface area contributed by atoms with Crippen LogP contribution in [0.3, 0.4) is 0 Å². The Hall–Kier alpha value is -1.66. The van der Waals surface area contributed by atoms with Crippen molar-refractivity contribution in [3.8, 4) is 5.69 Å². The molecular formula is C14H17N5S. The van der Waals surface area contributed by atoms with E-state index in [1.807, 2.05) is 30.3 Å². The van der Waals surface area contributed by atoms with Crippen LogP contribution in [0.1, 0.15) is 12.8 Å². The van der Waals surface area contributed by atoms with Gasteiger partial charge in [0, 0.05) is 18.3 Å². The van der Waals surface area contributed by atoms with E-state index < -0.39 is 0 Å². The maximum atomic E-state index is 4.10. The molecule has 1 aliphatic carbocycles. The van der Waals surface area contributed by atoms with Gasteiger partial charge in [-0.25, -0.2) is 0 Å². The summed E-state index contributed by atoms with van der Waals surface area (Å²) in [5.74, 6) is 0.826. The Balaban J connectivity index is 1.57. The van der Waals surface area contributed by atoms with Crippen LogP contribution in [0, 0.1) is 0 Å². The lowest BCUT2D eigenvalue weighted by atomic mass is 10.3. The largest absolute Gasteiger partial charge is 0.310 e. The predicted molar refractivity (Wildman–Crippen MR) is 80.0 cm³/mol. The second kappa shape index (κ2) is 6.19. The van der Waals surface area contributed by atoms with Gasteiger partial charge in [-0.15, -0.1) is 5.10 Å². The molecule has 1 N–H and O–H groups in total. The molecule has 1 aliphatic rings. The normalized spacial score (nSPS) is 14.4. The summed E-state index contributed by atoms with van der Waals surface area (Å²) in [5.41, 5.74) is 2.14. The summed E-state index contributed by atoms with van der Waals surface area (Å²) in [6.07, 6.45) is 2.60. The van der Waals surface area contributed by atoms with Gasteiger partial charge in [0.25, 0.3) is 0 Å². The molecule has 20 heavy (non-hydrogen) atoms. The van der Waals surface area contributed by atoms with Gasteiger partial charge in [-0.05, 0) is 35.4 Å². The molecule has 0 saturated heterocycles. The van der Waals surface area contributed by atoms with Gasteiger partial charge in [-0.1, -0.05) is 42.1 Å². The minimum absolute atomic E-state index is 0.714. The van der Waals surface area contributed by atoms with E-state index in [4.69, 9.17) is 0 Å². The third kappa shape index (κ3) is 3.46. The SMILES string of the molecule is C=C(CNC1CC1)CSc1nnnn1-c1ccccc1. The topological polar surface area (TPSA) is 55.6 Å². The standard InChI is InChI=1S/C14H17N5S/c1-11(9-15-12-7-8-12)10-20-14-16-17-18-19(14)13-5-3-2-4-6-13/h2-6,12,15H,1,7-10H2. The first-order valence-corrected chi connectivity index (χ1v) is 7.68. The van der Waals surface area contributed by atoms with Crippen LogP contribution in [0.4, 0.5) is 0 Å². The molecule has 0 amide bonds. The van der Waals surface area contributed by atoms with E-state index in [2.05, 4.69) is 27.4 Å². The van der Waals surface area contributed by atoms with Gasteiger partial charge in [0.15, 0.2) is 0 Å². The van der Waals surface area contributed by atoms with Crippen LogP contribution in [0.15, 0.2) is 47.6 Å². The van der Waals surface area contributed by atoms with Gasteiger partial charge < -0.3 is 5.32 Å². The zero-order valence-corrected chi connectivity index (χ0v) is 12.0. The molecule has 6 heteroatoms. The van der Waals surface area contributed by atoms with Crippen molar-refractivity contribution in [2.75, 3.05) is 12.3 Å². The van der Waals surface area contributed by atoms with Gasteiger partial charge in [0.2, 0.25) is 5.16 Å². The van der Waals surface area contributed by atoms with Crippen molar-refractivity contribution >= 4 is 11.8 Å². The third-order valence-electron chi connectivity index (χ3n) is 3.07. The fourth-order valence-electron chi connectivity index (χ4n) is 1.79. The van der Waals surface area contributed by atoms with Gasteiger partial charge in [-0.2, -0.15) is 4.68 Å². The summed E-state index contributed by atoms with van der Waals surface area (Å²) in [6, 6.07) is 10.6. The monoisotopic (exact) mass is 287 g/mol. The molecule has 2 aromatic rings. The number of hydrogen-bond acceptors (Lipinski definition) is 5. The van der Waals surface area contributed by atoms with Gasteiger partial charge in [0.1, 0.15) is 0 Å². The number of nitrogens with zero attached hydrogens (tertiary/aromatic N) is 4. The molecule has 0 aliphatic heterocycles. The summed E-state index contributed by atoms with van der Waals surface area (Å²) < 4.78 is 1.76. The van der Waals surface area contributed by atoms with Crippen LogP contribution < -0.4 is 5.32 Å². The van der Waals surface area contributed by atoms with Gasteiger partial charge >= 0.3 is 0 Å². The molecule has 1 aromatic carbocycles. The van der Waals surface area contributed by atoms with E-state index in [0.717, 1.165) is 23.1 Å². The van der Waals surface area contributed by atoms with Crippen LogP contribution in [0.5, 0.6) is 0 Å². The minimum Gasteiger partial charge on any atom is -0.310 e. The maximum Gasteiger partial charge on any atom is 0.214 e. The average Bonchev–Trinajstić information content (AvgIpc) is 3.20. The number of aromatic nitrogens is 4. The molecule has 1 fully saturated rings. The second-order valence-corrected chi connectivity index (χ2v) is 5.85. The molecule has 0 bridgehead atoms. The lowest BCUT2D eigenvalue weighted by molar-refractivity contribution is 0.735. The van der Waals surface area contributed by atoms with Gasteiger partial charge in [-0.3, -0.25) is 0 Å². The lowest BCUT2D eigenvalue weighted by Gasteiger charge is -2.07. The number of benzene rings is 1. The fraction of sp³-hybridized carbons (Fsp3) is 0.357. The maximum absolute atomic E-state index is 4.10. The van der Waals surface area contributed by atoms with Crippen LogP contribution in [-0.4, -0.2) is 38.5 Å². The highest BCUT2D eigenvalue weighted by molar-refractivity contribution is 7.99. The molecule has 0 unspecified atom stereocenters. The van der Waals surface area contributed by atoms with Crippen LogP contribution >= 0.6 is 11.8 Å². The Morgan fingerprint density at radius 1 is 1.35 bits per heavy atom. The first-order chi connectivity index (χ1) is 9.83. The predicted octanol–water partition coefficient (Wildman–Crippen LogP) is 2.06. The number of nitrogens with one attached hydrogen (secondary N) is 1. The molecule has 0 spiro atoms. The Bertz CT molecular complexity index is 576. The lowest BCUT2D eigenvalue weighted by Crippen LogP contribution is -2.19. The molecule has 0 radical (unpaired) electrons. The highest BCUT2D eigenvalue weighted by Gasteiger charge is 2.20. The number of rotatable bonds is 7. The van der Waals surface area contributed by atoms with E-state index in [0.29, 0.717) is 6.04 Å². The van der Waals surface area contributed by atoms with Crippen molar-refractivity contribution in [1.82, 2.24) is 25.5 Å². The molecule has 0 atom stereocenters. The highest BCUT2D eigenvalue weighted by atomic mass is 32.2. The number of para-hydroxylation sites is 1. The summed E-state index contributed by atoms with van der Waals surface area (Å²) in [4.78, 5) is 0. The zero-order valence-electron chi connectivity index (χ0n) is 11.2. The Kier molecular flexibility index (Phi) is 4.13. The van der Waals surface area contributed by atoms with Crippen molar-refractivity contribution < 1.29 is 0 Å². The average molecular weight is 287 g/mol. The van der Waals surface area contributed by atoms with Crippen molar-refractivity contribution in [1.29, 1.82) is 0 Å². The minimum atomic E-state index is 0.714. The molecular weight excluding hydrogens is 270 g/mol. The third-order valence-corrected chi connectivity index (χ3v) is 4.13. The quantitative estimate of drug-likeness (QED) is 0.624. The number of thioether (sulfide) groups is 1. The first-order valence-electron chi connectivity index (χ1n) is 6.69. The van der Waals surface area contributed by atoms with E-state index in [9.17, 15) is 0 Å². The summed E-state index contributed by atoms with van der Waals surface area (Å²) in [5, 5.41) is 16.1. The molecule has 104 valence electrons. The Labute approximate surface area is 122 Å². The molecule has 5 nitrogen and oxygen atoms in total. The van der Waals surface area contributed by atoms with Crippen molar-refractivity contribution in [2.24, 2.45) is 0 Å². The van der Waals surface area contributed by atoms with Crippen molar-refractivity contribution in [3.63, 3.8) is 0 Å². The van der Waals surface area contributed by atoms with Crippen LogP contribution in [-0.2, 0) is 0 Å². The smallest absolute Gasteiger partial charge is 0.214 e. The summed E-state index contributed by atoms with van der Waals surface area (Å²) >= 11 is 1.62. The van der Waals surface area contributed by atoms with E-state index >= 15 is 0 Å². The van der Waals surface area contributed by atoms with Crippen molar-refractivity contribution in [3.05, 3.63) is 42.5 Å². The number of tetrazole rings is 1. The van der Waals surface area contributed by atoms with Gasteiger partial charge in [0.05, 0.1) is 5.69 Å². The molecule has 1 heterocycles. The Morgan fingerprint density at radius 3 is 2.90 bits per heavy atom. The van der Waals surface area contributed by atoms with Crippen LogP contribution in [0.25, 0.3) is 5.69 Å². The van der Waals surface area contributed by atoms with E-state index in [1.54, 1.807) is 16.4 Å². The number of hydrogen-bond donors (Lipinski definition) is 1. The van der Waals surface area contributed by atoms with E-state index in [1.165, 1.54) is 18.4 Å².